The van der Waals surface area contributed by atoms with Crippen molar-refractivity contribution in [3.63, 3.8) is 0 Å². The summed E-state index contributed by atoms with van der Waals surface area (Å²) >= 11 is 0. The van der Waals surface area contributed by atoms with Gasteiger partial charge in [0.15, 0.2) is 0 Å². The van der Waals surface area contributed by atoms with Gasteiger partial charge in [0.25, 0.3) is 5.96 Å². The van der Waals surface area contributed by atoms with Crippen LogP contribution in [0.2, 0.25) is 0 Å². The number of hydrogen-bond donors (Lipinski definition) is 3. The van der Waals surface area contributed by atoms with Gasteiger partial charge in [-0.05, 0) is 17.6 Å². The summed E-state index contributed by atoms with van der Waals surface area (Å²) in [5, 5.41) is 15.8. The first-order valence-electron chi connectivity index (χ1n) is 5.30. The molecule has 0 aliphatic rings. The molecule has 8 heteroatoms. The van der Waals surface area contributed by atoms with Crippen LogP contribution in [0.4, 0.5) is 0 Å². The van der Waals surface area contributed by atoms with Crippen molar-refractivity contribution in [1.82, 2.24) is 10.4 Å². The molecule has 0 bridgehead atoms. The van der Waals surface area contributed by atoms with Crippen molar-refractivity contribution in [1.29, 1.82) is 0 Å². The van der Waals surface area contributed by atoms with Gasteiger partial charge in [0.1, 0.15) is 4.91 Å². The van der Waals surface area contributed by atoms with E-state index in [9.17, 15) is 4.91 Å². The number of para-hydroxylation sites is 1. The van der Waals surface area contributed by atoms with Gasteiger partial charge in [0.05, 0.1) is 17.4 Å². The quantitative estimate of drug-likeness (QED) is 0.423. The highest BCUT2D eigenvalue weighted by molar-refractivity contribution is 5.85. The van der Waals surface area contributed by atoms with Crippen LogP contribution in [0.25, 0.3) is 10.9 Å². The smallest absolute Gasteiger partial charge is 0.362 e. The van der Waals surface area contributed by atoms with E-state index in [0.29, 0.717) is 5.69 Å². The second-order valence-corrected chi connectivity index (χ2v) is 3.54. The van der Waals surface area contributed by atoms with Crippen molar-refractivity contribution in [2.75, 3.05) is 0 Å². The Labute approximate surface area is 107 Å². The Bertz CT molecular complexity index is 667. The van der Waals surface area contributed by atoms with Gasteiger partial charge < -0.3 is 5.73 Å². The molecule has 0 aliphatic carbocycles. The van der Waals surface area contributed by atoms with Crippen LogP contribution in [0.15, 0.2) is 46.6 Å². The van der Waals surface area contributed by atoms with Gasteiger partial charge in [-0.2, -0.15) is 5.10 Å². The van der Waals surface area contributed by atoms with E-state index in [-0.39, 0.29) is 5.96 Å². The molecule has 0 fully saturated rings. The van der Waals surface area contributed by atoms with Crippen LogP contribution in [0.5, 0.6) is 0 Å². The molecule has 4 N–H and O–H groups in total. The number of nitrogens with two attached hydrogens (primary N) is 1. The lowest BCUT2D eigenvalue weighted by Gasteiger charge is -1.96. The van der Waals surface area contributed by atoms with E-state index in [1.165, 1.54) is 6.21 Å². The number of nitrogens with one attached hydrogen (secondary N) is 1. The topological polar surface area (TPSA) is 116 Å². The molecular formula is C11H11N6O2+. The van der Waals surface area contributed by atoms with Gasteiger partial charge in [-0.15, -0.1) is 5.10 Å². The first kappa shape index (κ1) is 12.4. The lowest BCUT2D eigenvalue weighted by Crippen LogP contribution is -2.36. The molecule has 0 spiro atoms. The molecule has 0 amide bonds. The maximum absolute atomic E-state index is 10.2. The first-order valence-corrected chi connectivity index (χ1v) is 5.30. The zero-order valence-corrected chi connectivity index (χ0v) is 9.76. The summed E-state index contributed by atoms with van der Waals surface area (Å²) < 4.78 is 0. The van der Waals surface area contributed by atoms with Gasteiger partial charge in [0, 0.05) is 5.39 Å². The van der Waals surface area contributed by atoms with E-state index >= 15 is 0 Å². The third-order valence-corrected chi connectivity index (χ3v) is 2.19. The fraction of sp³-hybridized carbons (Fsp3) is 0. The third-order valence-electron chi connectivity index (χ3n) is 2.19. The number of hydrogen-bond acceptors (Lipinski definition) is 4. The number of pyridine rings is 1. The monoisotopic (exact) mass is 259 g/mol. The third kappa shape index (κ3) is 3.46. The highest BCUT2D eigenvalue weighted by Gasteiger charge is 2.03. The van der Waals surface area contributed by atoms with Crippen molar-refractivity contribution in [2.24, 2.45) is 15.9 Å². The van der Waals surface area contributed by atoms with Crippen molar-refractivity contribution >= 4 is 23.1 Å². The van der Waals surface area contributed by atoms with Gasteiger partial charge in [-0.25, -0.2) is 10.2 Å². The Morgan fingerprint density at radius 3 is 2.95 bits per heavy atom. The van der Waals surface area contributed by atoms with E-state index in [2.05, 4.69) is 15.2 Å². The van der Waals surface area contributed by atoms with E-state index in [0.717, 1.165) is 10.9 Å². The summed E-state index contributed by atoms with van der Waals surface area (Å²) in [6.07, 6.45) is 1.38. The number of rotatable bonds is 3. The molecule has 0 saturated carbocycles. The molecule has 0 aliphatic heterocycles. The Hall–Kier alpha value is -3.03. The Balaban J connectivity index is 2.15. The molecule has 0 saturated heterocycles. The second-order valence-electron chi connectivity index (χ2n) is 3.54. The van der Waals surface area contributed by atoms with Crippen LogP contribution >= 0.6 is 0 Å². The number of nitrogens with zero attached hydrogens (tertiary/aromatic N) is 4. The molecule has 0 unspecified atom stereocenters. The zero-order valence-electron chi connectivity index (χ0n) is 9.76. The van der Waals surface area contributed by atoms with Crippen molar-refractivity contribution in [3.8, 4) is 0 Å². The minimum atomic E-state index is -0.567. The van der Waals surface area contributed by atoms with Crippen LogP contribution < -0.4 is 11.2 Å². The lowest BCUT2D eigenvalue weighted by molar-refractivity contribution is -0.822. The minimum absolute atomic E-state index is 0.338. The molecule has 0 radical (unpaired) electrons. The maximum Gasteiger partial charge on any atom is 0.362 e. The fourth-order valence-corrected chi connectivity index (χ4v) is 1.42. The van der Waals surface area contributed by atoms with Gasteiger partial charge in [-0.1, -0.05) is 24.3 Å². The van der Waals surface area contributed by atoms with Crippen LogP contribution in [-0.4, -0.2) is 27.4 Å². The molecular weight excluding hydrogens is 248 g/mol. The average Bonchev–Trinajstić information content (AvgIpc) is 2.37. The summed E-state index contributed by atoms with van der Waals surface area (Å²) in [5.74, 6) is -0.338. The van der Waals surface area contributed by atoms with Gasteiger partial charge in [-0.3, -0.25) is 0 Å². The first-order chi connectivity index (χ1) is 9.15. The molecule has 8 nitrogen and oxygen atoms in total. The van der Waals surface area contributed by atoms with Crippen molar-refractivity contribution in [3.05, 3.63) is 47.0 Å². The molecule has 19 heavy (non-hydrogen) atoms. The van der Waals surface area contributed by atoms with Crippen molar-refractivity contribution < 1.29 is 10.2 Å². The number of benzene rings is 1. The Kier molecular flexibility index (Phi) is 3.62. The zero-order chi connectivity index (χ0) is 13.7. The van der Waals surface area contributed by atoms with Crippen LogP contribution in [0.1, 0.15) is 5.69 Å². The SMILES string of the molecule is N/C(=N\N=C\c1ccc2ccccc2n1)N[N+](=O)O. The molecule has 1 aromatic carbocycles. The highest BCUT2D eigenvalue weighted by Crippen LogP contribution is 2.10. The lowest BCUT2D eigenvalue weighted by atomic mass is 10.2. The van der Waals surface area contributed by atoms with Crippen molar-refractivity contribution in [2.45, 2.75) is 0 Å². The van der Waals surface area contributed by atoms with Crippen LogP contribution in [0, 0.1) is 4.91 Å². The molecule has 2 rings (SSSR count). The Morgan fingerprint density at radius 2 is 2.16 bits per heavy atom. The van der Waals surface area contributed by atoms with E-state index in [4.69, 9.17) is 10.9 Å². The average molecular weight is 259 g/mol. The van der Waals surface area contributed by atoms with E-state index in [1.807, 2.05) is 30.3 Å². The molecule has 1 heterocycles. The Morgan fingerprint density at radius 1 is 1.37 bits per heavy atom. The van der Waals surface area contributed by atoms with Gasteiger partial charge in [0.2, 0.25) is 0 Å². The molecule has 96 valence electrons. The summed E-state index contributed by atoms with van der Waals surface area (Å²) in [7, 11) is 0. The number of hydrazine groups is 1. The summed E-state index contributed by atoms with van der Waals surface area (Å²) in [6, 6.07) is 11.3. The highest BCUT2D eigenvalue weighted by atomic mass is 16.7. The number of aromatic nitrogens is 1. The fourth-order valence-electron chi connectivity index (χ4n) is 1.42. The summed E-state index contributed by atoms with van der Waals surface area (Å²) in [4.78, 5) is 14.5. The summed E-state index contributed by atoms with van der Waals surface area (Å²) in [6.45, 7) is 0. The normalized spacial score (nSPS) is 11.9. The van der Waals surface area contributed by atoms with Crippen LogP contribution in [-0.2, 0) is 0 Å². The predicted molar refractivity (Wildman–Crippen MR) is 69.5 cm³/mol. The predicted octanol–water partition coefficient (Wildman–Crippen LogP) is 0.556. The van der Waals surface area contributed by atoms with E-state index < -0.39 is 5.03 Å². The second kappa shape index (κ2) is 5.54. The largest absolute Gasteiger partial charge is 0.364 e. The van der Waals surface area contributed by atoms with Gasteiger partial charge >= 0.3 is 5.03 Å². The molecule has 2 aromatic rings. The number of guanidine groups is 1. The van der Waals surface area contributed by atoms with Crippen LogP contribution in [0.3, 0.4) is 0 Å². The minimum Gasteiger partial charge on any atom is -0.364 e. The molecule has 0 atom stereocenters. The number of fused-ring (bicyclic) bond motifs is 1. The standard InChI is InChI=1S/C11H11N6O2/c12-11(16-17(18)19)15-13-7-9-6-5-8-3-1-2-4-10(8)14-9/h1-7H,(H,18,19)(H3,12,15,16)/q+1/b13-7+. The van der Waals surface area contributed by atoms with E-state index in [1.54, 1.807) is 11.5 Å². The maximum atomic E-state index is 10.2. The summed E-state index contributed by atoms with van der Waals surface area (Å²) in [5.41, 5.74) is 8.45. The molecule has 1 aromatic heterocycles.